The normalized spacial score (nSPS) is 21.0. The summed E-state index contributed by atoms with van der Waals surface area (Å²) < 4.78 is 5.37. The van der Waals surface area contributed by atoms with E-state index in [-0.39, 0.29) is 12.1 Å². The first-order chi connectivity index (χ1) is 15.2. The van der Waals surface area contributed by atoms with Crippen LogP contribution in [0.5, 0.6) is 0 Å². The third kappa shape index (κ3) is 7.67. The summed E-state index contributed by atoms with van der Waals surface area (Å²) >= 11 is 0. The van der Waals surface area contributed by atoms with E-state index in [1.54, 1.807) is 7.05 Å². The summed E-state index contributed by atoms with van der Waals surface area (Å²) in [4.78, 5) is 23.6. The van der Waals surface area contributed by atoms with E-state index >= 15 is 0 Å². The van der Waals surface area contributed by atoms with Crippen molar-refractivity contribution in [3.8, 4) is 0 Å². The lowest BCUT2D eigenvalue weighted by Crippen LogP contribution is -2.44. The van der Waals surface area contributed by atoms with E-state index in [1.807, 2.05) is 20.8 Å². The number of hydrogen-bond donors (Lipinski definition) is 2. The van der Waals surface area contributed by atoms with Crippen molar-refractivity contribution in [2.24, 2.45) is 4.99 Å². The van der Waals surface area contributed by atoms with Crippen LogP contribution < -0.4 is 10.6 Å². The molecular weight excluding hydrogens is 404 g/mol. The number of nitrogens with zero attached hydrogens (tertiary/aromatic N) is 4. The first kappa shape index (κ1) is 24.3. The van der Waals surface area contributed by atoms with Crippen LogP contribution in [-0.2, 0) is 17.8 Å². The molecule has 2 heterocycles. The van der Waals surface area contributed by atoms with Crippen LogP contribution in [0.25, 0.3) is 0 Å². The van der Waals surface area contributed by atoms with Crippen LogP contribution in [0, 0.1) is 0 Å². The molecule has 2 fully saturated rings. The van der Waals surface area contributed by atoms with Crippen LogP contribution in [0.15, 0.2) is 29.3 Å². The molecule has 2 N–H and O–H groups in total. The van der Waals surface area contributed by atoms with Gasteiger partial charge in [0.15, 0.2) is 5.96 Å². The summed E-state index contributed by atoms with van der Waals surface area (Å²) in [7, 11) is 3.99. The molecule has 2 aliphatic rings. The van der Waals surface area contributed by atoms with Crippen LogP contribution >= 0.6 is 0 Å². The summed E-state index contributed by atoms with van der Waals surface area (Å²) in [5.41, 5.74) is 2.11. The van der Waals surface area contributed by atoms with Gasteiger partial charge in [0.1, 0.15) is 5.60 Å². The van der Waals surface area contributed by atoms with Crippen molar-refractivity contribution in [1.82, 2.24) is 25.3 Å². The van der Waals surface area contributed by atoms with Gasteiger partial charge in [-0.15, -0.1) is 0 Å². The predicted molar refractivity (Wildman–Crippen MR) is 129 cm³/mol. The maximum absolute atomic E-state index is 12.0. The van der Waals surface area contributed by atoms with Gasteiger partial charge in [0.05, 0.1) is 6.04 Å². The smallest absolute Gasteiger partial charge is 0.407 e. The highest BCUT2D eigenvalue weighted by molar-refractivity contribution is 5.80. The number of carbonyl (C=O) groups is 1. The molecule has 0 radical (unpaired) electrons. The number of nitrogens with one attached hydrogen (secondary N) is 2. The van der Waals surface area contributed by atoms with Gasteiger partial charge in [-0.2, -0.15) is 0 Å². The highest BCUT2D eigenvalue weighted by Gasteiger charge is 2.27. The fourth-order valence-electron chi connectivity index (χ4n) is 4.08. The quantitative estimate of drug-likeness (QED) is 0.535. The monoisotopic (exact) mass is 444 g/mol. The molecule has 1 aromatic carbocycles. The van der Waals surface area contributed by atoms with Gasteiger partial charge in [0.2, 0.25) is 0 Å². The Balaban J connectivity index is 1.43. The molecule has 1 aromatic rings. The molecular formula is C24H40N6O2. The number of rotatable bonds is 5. The zero-order valence-electron chi connectivity index (χ0n) is 20.4. The minimum atomic E-state index is -0.486. The van der Waals surface area contributed by atoms with Crippen molar-refractivity contribution in [3.05, 3.63) is 35.4 Å². The standard InChI is InChI=1S/C24H40N6O2/c1-24(2,3)32-23(31)27-21-10-11-30(18-21)22(25-4)26-16-19-6-8-20(9-7-19)17-29-14-12-28(5)13-15-29/h6-9,21H,10-18H2,1-5H3,(H,25,26)(H,27,31). The number of guanidine groups is 1. The Kier molecular flexibility index (Phi) is 8.37. The van der Waals surface area contributed by atoms with Gasteiger partial charge in [0, 0.05) is 59.4 Å². The number of piperazine rings is 1. The second-order valence-corrected chi connectivity index (χ2v) is 9.87. The van der Waals surface area contributed by atoms with Crippen LogP contribution in [0.3, 0.4) is 0 Å². The zero-order valence-corrected chi connectivity index (χ0v) is 20.4. The number of carbonyl (C=O) groups excluding carboxylic acids is 1. The largest absolute Gasteiger partial charge is 0.444 e. The molecule has 1 atom stereocenters. The fraction of sp³-hybridized carbons (Fsp3) is 0.667. The summed E-state index contributed by atoms with van der Waals surface area (Å²) in [5.74, 6) is 0.861. The van der Waals surface area contributed by atoms with E-state index in [2.05, 4.69) is 61.6 Å². The maximum atomic E-state index is 12.0. The molecule has 178 valence electrons. The molecule has 1 amide bonds. The Morgan fingerprint density at radius 1 is 1.09 bits per heavy atom. The number of alkyl carbamates (subject to hydrolysis) is 1. The van der Waals surface area contributed by atoms with Gasteiger partial charge in [0.25, 0.3) is 0 Å². The predicted octanol–water partition coefficient (Wildman–Crippen LogP) is 2.11. The molecule has 2 saturated heterocycles. The van der Waals surface area contributed by atoms with E-state index in [1.165, 1.54) is 11.1 Å². The van der Waals surface area contributed by atoms with Gasteiger partial charge in [-0.1, -0.05) is 24.3 Å². The fourth-order valence-corrected chi connectivity index (χ4v) is 4.08. The van der Waals surface area contributed by atoms with Crippen LogP contribution in [-0.4, -0.2) is 91.8 Å². The number of aliphatic imine (C=N–C) groups is 1. The first-order valence-corrected chi connectivity index (χ1v) is 11.7. The van der Waals surface area contributed by atoms with Gasteiger partial charge in [-0.25, -0.2) is 4.79 Å². The minimum absolute atomic E-state index is 0.0669. The molecule has 0 bridgehead atoms. The second-order valence-electron chi connectivity index (χ2n) is 9.87. The lowest BCUT2D eigenvalue weighted by molar-refractivity contribution is 0.0507. The molecule has 0 saturated carbocycles. The summed E-state index contributed by atoms with van der Waals surface area (Å²) in [5, 5.41) is 6.43. The highest BCUT2D eigenvalue weighted by atomic mass is 16.6. The molecule has 0 aromatic heterocycles. The molecule has 1 unspecified atom stereocenters. The summed E-state index contributed by atoms with van der Waals surface area (Å²) in [6, 6.07) is 8.92. The van der Waals surface area contributed by atoms with Crippen molar-refractivity contribution < 1.29 is 9.53 Å². The third-order valence-corrected chi connectivity index (χ3v) is 5.90. The van der Waals surface area contributed by atoms with E-state index in [4.69, 9.17) is 4.74 Å². The number of hydrogen-bond acceptors (Lipinski definition) is 5. The molecule has 8 heteroatoms. The summed E-state index contributed by atoms with van der Waals surface area (Å²) in [6.07, 6.45) is 0.518. The molecule has 0 spiro atoms. The Morgan fingerprint density at radius 2 is 1.75 bits per heavy atom. The van der Waals surface area contributed by atoms with Gasteiger partial charge in [-0.3, -0.25) is 9.89 Å². The third-order valence-electron chi connectivity index (χ3n) is 5.90. The van der Waals surface area contributed by atoms with E-state index in [0.717, 1.165) is 64.7 Å². The average Bonchev–Trinajstić information content (AvgIpc) is 3.18. The number of amides is 1. The number of likely N-dealkylation sites (N-methyl/N-ethyl adjacent to an activating group) is 1. The number of ether oxygens (including phenoxy) is 1. The van der Waals surface area contributed by atoms with E-state index in [0.29, 0.717) is 0 Å². The molecule has 8 nitrogen and oxygen atoms in total. The van der Waals surface area contributed by atoms with Crippen LogP contribution in [0.2, 0.25) is 0 Å². The Labute approximate surface area is 193 Å². The van der Waals surface area contributed by atoms with Gasteiger partial charge < -0.3 is 25.2 Å². The highest BCUT2D eigenvalue weighted by Crippen LogP contribution is 2.13. The number of likely N-dealkylation sites (tertiary alicyclic amines) is 1. The van der Waals surface area contributed by atoms with E-state index < -0.39 is 5.60 Å². The maximum Gasteiger partial charge on any atom is 0.407 e. The van der Waals surface area contributed by atoms with Crippen molar-refractivity contribution in [2.75, 3.05) is 53.4 Å². The molecule has 2 aliphatic heterocycles. The summed E-state index contributed by atoms with van der Waals surface area (Å²) in [6.45, 7) is 13.5. The minimum Gasteiger partial charge on any atom is -0.444 e. The van der Waals surface area contributed by atoms with Crippen LogP contribution in [0.1, 0.15) is 38.3 Å². The lowest BCUT2D eigenvalue weighted by Gasteiger charge is -2.32. The Hall–Kier alpha value is -2.32. The Bertz CT molecular complexity index is 766. The van der Waals surface area contributed by atoms with Crippen molar-refractivity contribution >= 4 is 12.1 Å². The number of benzene rings is 1. The van der Waals surface area contributed by atoms with Crippen molar-refractivity contribution in [2.45, 2.75) is 51.9 Å². The van der Waals surface area contributed by atoms with Gasteiger partial charge >= 0.3 is 6.09 Å². The zero-order chi connectivity index (χ0) is 23.1. The Morgan fingerprint density at radius 3 is 2.38 bits per heavy atom. The lowest BCUT2D eigenvalue weighted by atomic mass is 10.1. The first-order valence-electron chi connectivity index (χ1n) is 11.7. The molecule has 32 heavy (non-hydrogen) atoms. The van der Waals surface area contributed by atoms with Crippen molar-refractivity contribution in [1.29, 1.82) is 0 Å². The van der Waals surface area contributed by atoms with Crippen molar-refractivity contribution in [3.63, 3.8) is 0 Å². The SMILES string of the molecule is CN=C(NCc1ccc(CN2CCN(C)CC2)cc1)N1CCC(NC(=O)OC(C)(C)C)C1. The van der Waals surface area contributed by atoms with Gasteiger partial charge in [-0.05, 0) is 45.4 Å². The average molecular weight is 445 g/mol. The molecule has 3 rings (SSSR count). The molecule has 0 aliphatic carbocycles. The second kappa shape index (κ2) is 11.0. The van der Waals surface area contributed by atoms with E-state index in [9.17, 15) is 4.79 Å². The van der Waals surface area contributed by atoms with Crippen LogP contribution in [0.4, 0.5) is 4.79 Å². The topological polar surface area (TPSA) is 72.4 Å².